The third-order valence-corrected chi connectivity index (χ3v) is 7.65. The zero-order valence-electron chi connectivity index (χ0n) is 28.9. The Hall–Kier alpha value is -5.03. The average Bonchev–Trinajstić information content (AvgIpc) is 3.06. The number of aliphatic carboxylic acids is 1. The minimum Gasteiger partial charge on any atom is -0.506 e. The van der Waals surface area contributed by atoms with Gasteiger partial charge in [0.25, 0.3) is 5.91 Å². The Balaban J connectivity index is 0.00000138. The van der Waals surface area contributed by atoms with Crippen molar-refractivity contribution < 1.29 is 34.8 Å². The van der Waals surface area contributed by atoms with Crippen LogP contribution in [0.25, 0.3) is 0 Å². The number of nitrogens with zero attached hydrogens (tertiary/aromatic N) is 3. The van der Waals surface area contributed by atoms with Gasteiger partial charge in [-0.05, 0) is 81.2 Å². The zero-order chi connectivity index (χ0) is 38.1. The Morgan fingerprint density at radius 2 is 1.55 bits per heavy atom. The summed E-state index contributed by atoms with van der Waals surface area (Å²) in [5.74, 6) is -2.46. The number of carboxylic acid groups (broad SMARTS) is 1. The molecule has 0 unspecified atom stereocenters. The molecule has 0 radical (unpaired) electrons. The average molecular weight is 730 g/mol. The number of aliphatic hydroxyl groups excluding tert-OH is 2. The van der Waals surface area contributed by atoms with Gasteiger partial charge in [-0.1, -0.05) is 41.9 Å². The van der Waals surface area contributed by atoms with Crippen LogP contribution in [0.1, 0.15) is 79.7 Å². The number of hydrogen-bond donors (Lipinski definition) is 10. The number of unbranched alkanes of at least 4 members (excludes halogenated alkanes) is 1. The predicted molar refractivity (Wildman–Crippen MR) is 196 cm³/mol. The molecule has 0 aliphatic rings. The van der Waals surface area contributed by atoms with Crippen LogP contribution in [0, 0.1) is 0 Å². The number of nitrogens with two attached hydrogens (primary N) is 3. The summed E-state index contributed by atoms with van der Waals surface area (Å²) in [6, 6.07) is 13.5. The van der Waals surface area contributed by atoms with Crippen LogP contribution in [0.2, 0.25) is 5.15 Å². The maximum absolute atomic E-state index is 12.3. The molecule has 51 heavy (non-hydrogen) atoms. The lowest BCUT2D eigenvalue weighted by Crippen LogP contribution is -2.38. The van der Waals surface area contributed by atoms with Crippen LogP contribution < -0.4 is 33.2 Å². The lowest BCUT2D eigenvalue weighted by atomic mass is 10.0. The Morgan fingerprint density at radius 3 is 2.14 bits per heavy atom. The number of hydrogen-bond acceptors (Lipinski definition) is 12. The number of aliphatic imine (C=N–C) groups is 1. The molecule has 0 spiro atoms. The van der Waals surface area contributed by atoms with E-state index in [0.29, 0.717) is 18.7 Å². The number of anilines is 3. The Kier molecular flexibility index (Phi) is 17.6. The van der Waals surface area contributed by atoms with Crippen molar-refractivity contribution >= 4 is 52.7 Å². The summed E-state index contributed by atoms with van der Waals surface area (Å²) < 4.78 is 0. The van der Waals surface area contributed by atoms with Crippen LogP contribution in [0.3, 0.4) is 0 Å². The number of phenols is 1. The van der Waals surface area contributed by atoms with Gasteiger partial charge in [0.2, 0.25) is 5.91 Å². The van der Waals surface area contributed by atoms with Crippen LogP contribution in [0.15, 0.2) is 47.5 Å². The molecule has 0 aliphatic carbocycles. The highest BCUT2D eigenvalue weighted by atomic mass is 35.5. The minimum absolute atomic E-state index is 0.0447. The molecular formula is C34H48ClN9O7. The molecule has 2 amide bonds. The van der Waals surface area contributed by atoms with Crippen LogP contribution in [0.5, 0.6) is 5.75 Å². The maximum atomic E-state index is 12.3. The number of carboxylic acids is 1. The molecule has 3 rings (SSSR count). The number of rotatable bonds is 16. The number of halogens is 1. The first-order valence-electron chi connectivity index (χ1n) is 16.3. The Labute approximate surface area is 301 Å². The standard InChI is InChI=1S/C31H42ClN9O4.C3H6O3/c1-18(37-17-25(44)22-13-14-24(43)23(16-22)38-19(2)42)6-5-8-21-11-9-20(10-12-21)7-3-4-15-36-31(35)41-30(45)26-28(33)40-29(34)27(32)39-26;1-2(4)3(5)6/h9-14,16,18,25,37,43-44H,3-8,15,17H2,1-2H3,(H,38,42)(H4,33,34,40)(H3,35,36,41,45);2,4H,1H3,(H,5,6)/t18-,25+;2-/m10/s1. The summed E-state index contributed by atoms with van der Waals surface area (Å²) in [4.78, 5) is 44.9. The molecule has 0 bridgehead atoms. The molecule has 0 fully saturated rings. The van der Waals surface area contributed by atoms with Gasteiger partial charge in [-0.25, -0.2) is 14.8 Å². The smallest absolute Gasteiger partial charge is 0.332 e. The highest BCUT2D eigenvalue weighted by Gasteiger charge is 2.17. The summed E-state index contributed by atoms with van der Waals surface area (Å²) in [5.41, 5.74) is 20.2. The van der Waals surface area contributed by atoms with Crippen molar-refractivity contribution in [3.05, 3.63) is 70.0 Å². The fraction of sp³-hybridized carbons (Fsp3) is 0.412. The number of nitrogens with one attached hydrogen (secondary N) is 3. The highest BCUT2D eigenvalue weighted by molar-refractivity contribution is 6.31. The zero-order valence-corrected chi connectivity index (χ0v) is 29.7. The molecule has 3 atom stereocenters. The van der Waals surface area contributed by atoms with Gasteiger partial charge in [-0.3, -0.25) is 19.9 Å². The molecule has 0 saturated heterocycles. The minimum atomic E-state index is -1.23. The van der Waals surface area contributed by atoms with Crippen molar-refractivity contribution in [1.29, 1.82) is 0 Å². The first-order valence-corrected chi connectivity index (χ1v) is 16.7. The van der Waals surface area contributed by atoms with Gasteiger partial charge in [0.15, 0.2) is 28.4 Å². The number of aliphatic hydroxyl groups is 2. The van der Waals surface area contributed by atoms with E-state index in [4.69, 9.17) is 39.0 Å². The van der Waals surface area contributed by atoms with E-state index in [1.54, 1.807) is 12.1 Å². The van der Waals surface area contributed by atoms with Crippen molar-refractivity contribution in [2.75, 3.05) is 29.9 Å². The molecule has 3 aromatic rings. The van der Waals surface area contributed by atoms with Crippen LogP contribution in [-0.2, 0) is 22.4 Å². The van der Waals surface area contributed by atoms with Gasteiger partial charge in [0.05, 0.1) is 11.8 Å². The topological polar surface area (TPSA) is 284 Å². The third kappa shape index (κ3) is 15.6. The number of guanidine groups is 1. The van der Waals surface area contributed by atoms with Crippen LogP contribution in [0.4, 0.5) is 17.3 Å². The lowest BCUT2D eigenvalue weighted by Gasteiger charge is -2.18. The second-order valence-corrected chi connectivity index (χ2v) is 12.2. The molecule has 17 heteroatoms. The van der Waals surface area contributed by atoms with Gasteiger partial charge in [-0.15, -0.1) is 0 Å². The molecule has 13 N–H and O–H groups in total. The van der Waals surface area contributed by atoms with Crippen molar-refractivity contribution in [2.45, 2.75) is 77.5 Å². The molecule has 16 nitrogen and oxygen atoms in total. The van der Waals surface area contributed by atoms with E-state index < -0.39 is 24.1 Å². The summed E-state index contributed by atoms with van der Waals surface area (Å²) >= 11 is 5.81. The Bertz CT molecular complexity index is 1640. The molecule has 0 aliphatic heterocycles. The van der Waals surface area contributed by atoms with Crippen molar-refractivity contribution in [3.8, 4) is 5.75 Å². The van der Waals surface area contributed by atoms with Crippen molar-refractivity contribution in [1.82, 2.24) is 20.6 Å². The van der Waals surface area contributed by atoms with Gasteiger partial charge in [-0.2, -0.15) is 0 Å². The van der Waals surface area contributed by atoms with E-state index in [1.807, 2.05) is 0 Å². The van der Waals surface area contributed by atoms with Crippen molar-refractivity contribution in [3.63, 3.8) is 0 Å². The Morgan fingerprint density at radius 1 is 0.941 bits per heavy atom. The maximum Gasteiger partial charge on any atom is 0.332 e. The van der Waals surface area contributed by atoms with Gasteiger partial charge in [0.1, 0.15) is 11.9 Å². The predicted octanol–water partition coefficient (Wildman–Crippen LogP) is 2.51. The van der Waals surface area contributed by atoms with E-state index in [1.165, 1.54) is 31.0 Å². The fourth-order valence-electron chi connectivity index (χ4n) is 4.53. The van der Waals surface area contributed by atoms with Gasteiger partial charge in [0, 0.05) is 26.1 Å². The normalized spacial score (nSPS) is 12.9. The number of carbonyl (C=O) groups excluding carboxylic acids is 2. The van der Waals surface area contributed by atoms with Gasteiger partial charge >= 0.3 is 5.97 Å². The number of amides is 2. The van der Waals surface area contributed by atoms with Crippen LogP contribution >= 0.6 is 11.6 Å². The van der Waals surface area contributed by atoms with E-state index >= 15 is 0 Å². The third-order valence-electron chi connectivity index (χ3n) is 7.38. The molecule has 1 aromatic heterocycles. The molecule has 2 aromatic carbocycles. The molecular weight excluding hydrogens is 682 g/mol. The first kappa shape index (κ1) is 42.1. The van der Waals surface area contributed by atoms with Crippen molar-refractivity contribution in [2.24, 2.45) is 10.7 Å². The largest absolute Gasteiger partial charge is 0.506 e. The molecule has 278 valence electrons. The van der Waals surface area contributed by atoms with Crippen LogP contribution in [-0.4, -0.2) is 79.4 Å². The monoisotopic (exact) mass is 729 g/mol. The number of benzene rings is 2. The summed E-state index contributed by atoms with van der Waals surface area (Å²) in [6.07, 6.45) is 3.48. The summed E-state index contributed by atoms with van der Waals surface area (Å²) in [5, 5.41) is 44.4. The molecule has 1 heterocycles. The van der Waals surface area contributed by atoms with E-state index in [0.717, 1.165) is 38.5 Å². The fourth-order valence-corrected chi connectivity index (χ4v) is 4.66. The second-order valence-electron chi connectivity index (χ2n) is 11.8. The second kappa shape index (κ2) is 21.2. The number of aromatic hydroxyl groups is 1. The lowest BCUT2D eigenvalue weighted by molar-refractivity contribution is -0.145. The SMILES string of the molecule is CC(=O)Nc1cc([C@@H](O)CN[C@H](C)CCCc2ccc(CCCCN=C(N)NC(=O)c3nc(Cl)c(N)nc3N)cc2)ccc1O.C[C@H](O)C(=O)O. The summed E-state index contributed by atoms with van der Waals surface area (Å²) in [7, 11) is 0. The number of phenolic OH excluding ortho intramolecular Hbond substituents is 1. The number of aromatic nitrogens is 2. The summed E-state index contributed by atoms with van der Waals surface area (Å²) in [6.45, 7) is 5.45. The highest BCUT2D eigenvalue weighted by Crippen LogP contribution is 2.27. The molecule has 0 saturated carbocycles. The number of aryl methyl sites for hydroxylation is 2. The van der Waals surface area contributed by atoms with E-state index in [-0.39, 0.29) is 51.8 Å². The van der Waals surface area contributed by atoms with E-state index in [2.05, 4.69) is 62.1 Å². The van der Waals surface area contributed by atoms with E-state index in [9.17, 15) is 24.6 Å². The quantitative estimate of drug-likeness (QED) is 0.0439. The van der Waals surface area contributed by atoms with Gasteiger partial charge < -0.3 is 48.3 Å². The number of carbonyl (C=O) groups is 3. The number of nitrogen functional groups attached to an aromatic ring is 2. The first-order chi connectivity index (χ1) is 24.1.